The van der Waals surface area contributed by atoms with Gasteiger partial charge in [-0.2, -0.15) is 0 Å². The van der Waals surface area contributed by atoms with Gasteiger partial charge in [-0.1, -0.05) is 12.2 Å². The molecule has 11 heavy (non-hydrogen) atoms. The summed E-state index contributed by atoms with van der Waals surface area (Å²) in [5.74, 6) is 1.21. The molecule has 1 fully saturated rings. The highest BCUT2D eigenvalue weighted by Gasteiger charge is 2.44. The van der Waals surface area contributed by atoms with Crippen LogP contribution in [0.3, 0.4) is 0 Å². The lowest BCUT2D eigenvalue weighted by atomic mass is 10.0. The Morgan fingerprint density at radius 3 is 1.82 bits per heavy atom. The number of hydrogen-bond acceptors (Lipinski definition) is 2. The maximum atomic E-state index is 5.37. The summed E-state index contributed by atoms with van der Waals surface area (Å²) in [4.78, 5) is 0. The molecule has 0 spiro atoms. The van der Waals surface area contributed by atoms with Gasteiger partial charge in [0.05, 0.1) is 12.2 Å². The predicted octanol–water partition coefficient (Wildman–Crippen LogP) is 1.22. The third-order valence-electron chi connectivity index (χ3n) is 2.86. The molecule has 2 nitrogen and oxygen atoms in total. The molecule has 0 N–H and O–H groups in total. The van der Waals surface area contributed by atoms with E-state index in [2.05, 4.69) is 12.2 Å². The monoisotopic (exact) mass is 154 g/mol. The van der Waals surface area contributed by atoms with Gasteiger partial charge in [0.2, 0.25) is 0 Å². The van der Waals surface area contributed by atoms with Crippen molar-refractivity contribution in [3.63, 3.8) is 0 Å². The molecule has 0 radical (unpaired) electrons. The number of rotatable bonds is 2. The Kier molecular flexibility index (Phi) is 1.74. The fraction of sp³-hybridized carbons (Fsp3) is 0.778. The molecular formula is C9H14O2. The van der Waals surface area contributed by atoms with Gasteiger partial charge in [-0.25, -0.2) is 0 Å². The first kappa shape index (κ1) is 7.32. The molecule has 0 saturated heterocycles. The van der Waals surface area contributed by atoms with Crippen molar-refractivity contribution in [1.82, 2.24) is 0 Å². The van der Waals surface area contributed by atoms with Crippen LogP contribution in [0.15, 0.2) is 12.2 Å². The van der Waals surface area contributed by atoms with Gasteiger partial charge >= 0.3 is 0 Å². The smallest absolute Gasteiger partial charge is 0.0901 e. The zero-order chi connectivity index (χ0) is 7.84. The van der Waals surface area contributed by atoms with Crippen molar-refractivity contribution in [1.29, 1.82) is 0 Å². The van der Waals surface area contributed by atoms with E-state index < -0.39 is 0 Å². The van der Waals surface area contributed by atoms with Gasteiger partial charge < -0.3 is 9.47 Å². The summed E-state index contributed by atoms with van der Waals surface area (Å²) in [6, 6.07) is 0. The molecule has 2 aliphatic rings. The van der Waals surface area contributed by atoms with Crippen LogP contribution in [0.4, 0.5) is 0 Å². The highest BCUT2D eigenvalue weighted by atomic mass is 16.5. The van der Waals surface area contributed by atoms with E-state index in [1.807, 2.05) is 0 Å². The molecular weight excluding hydrogens is 140 g/mol. The third kappa shape index (κ3) is 0.932. The molecule has 0 heterocycles. The van der Waals surface area contributed by atoms with Gasteiger partial charge in [-0.3, -0.25) is 0 Å². The molecule has 2 heteroatoms. The van der Waals surface area contributed by atoms with Crippen LogP contribution >= 0.6 is 0 Å². The van der Waals surface area contributed by atoms with Gasteiger partial charge in [0, 0.05) is 26.1 Å². The summed E-state index contributed by atoms with van der Waals surface area (Å²) in [6.45, 7) is 0. The Morgan fingerprint density at radius 2 is 1.45 bits per heavy atom. The van der Waals surface area contributed by atoms with Crippen LogP contribution in [0.5, 0.6) is 0 Å². The van der Waals surface area contributed by atoms with Gasteiger partial charge in [0.15, 0.2) is 0 Å². The van der Waals surface area contributed by atoms with Crippen molar-refractivity contribution < 1.29 is 9.47 Å². The summed E-state index contributed by atoms with van der Waals surface area (Å²) in [6.07, 6.45) is 6.34. The van der Waals surface area contributed by atoms with Crippen molar-refractivity contribution in [2.45, 2.75) is 18.6 Å². The minimum absolute atomic E-state index is 0.301. The topological polar surface area (TPSA) is 18.5 Å². The molecule has 0 aliphatic heterocycles. The first-order chi connectivity index (χ1) is 5.36. The largest absolute Gasteiger partial charge is 0.378 e. The van der Waals surface area contributed by atoms with E-state index in [0.29, 0.717) is 24.0 Å². The van der Waals surface area contributed by atoms with Crippen molar-refractivity contribution in [2.24, 2.45) is 11.8 Å². The van der Waals surface area contributed by atoms with Crippen LogP contribution in [-0.4, -0.2) is 26.4 Å². The van der Waals surface area contributed by atoms with Crippen LogP contribution in [-0.2, 0) is 9.47 Å². The number of methoxy groups -OCH3 is 2. The standard InChI is InChI=1S/C9H14O2/c1-10-8-6-3-4-7(5-6)9(8)11-2/h3-4,6-9H,5H2,1-2H3. The molecule has 0 aromatic heterocycles. The molecule has 0 aromatic rings. The van der Waals surface area contributed by atoms with Crippen molar-refractivity contribution in [2.75, 3.05) is 14.2 Å². The van der Waals surface area contributed by atoms with Crippen molar-refractivity contribution in [3.05, 3.63) is 12.2 Å². The molecule has 0 amide bonds. The van der Waals surface area contributed by atoms with E-state index in [1.165, 1.54) is 6.42 Å². The van der Waals surface area contributed by atoms with Gasteiger partial charge in [0.25, 0.3) is 0 Å². The lowest BCUT2D eigenvalue weighted by Gasteiger charge is -2.25. The van der Waals surface area contributed by atoms with Crippen LogP contribution < -0.4 is 0 Å². The maximum absolute atomic E-state index is 5.37. The quantitative estimate of drug-likeness (QED) is 0.557. The fourth-order valence-corrected chi connectivity index (χ4v) is 2.35. The van der Waals surface area contributed by atoms with Crippen LogP contribution in [0.2, 0.25) is 0 Å². The highest BCUT2D eigenvalue weighted by Crippen LogP contribution is 2.41. The zero-order valence-corrected chi connectivity index (χ0v) is 6.99. The summed E-state index contributed by atoms with van der Waals surface area (Å²) in [7, 11) is 3.54. The number of hydrogen-bond donors (Lipinski definition) is 0. The van der Waals surface area contributed by atoms with E-state index in [9.17, 15) is 0 Å². The molecule has 4 unspecified atom stereocenters. The molecule has 2 aliphatic carbocycles. The van der Waals surface area contributed by atoms with Crippen LogP contribution in [0, 0.1) is 11.8 Å². The van der Waals surface area contributed by atoms with Gasteiger partial charge in [-0.05, 0) is 6.42 Å². The Hall–Kier alpha value is -0.340. The predicted molar refractivity (Wildman–Crippen MR) is 42.3 cm³/mol. The molecule has 0 aromatic carbocycles. The summed E-state index contributed by atoms with van der Waals surface area (Å²) < 4.78 is 10.7. The molecule has 2 bridgehead atoms. The molecule has 62 valence electrons. The second kappa shape index (κ2) is 2.61. The average molecular weight is 154 g/mol. The SMILES string of the molecule is COC1C2C=CC(C2)C1OC. The summed E-state index contributed by atoms with van der Waals surface area (Å²) in [5, 5.41) is 0. The highest BCUT2D eigenvalue weighted by molar-refractivity contribution is 5.15. The number of ether oxygens (including phenoxy) is 2. The van der Waals surface area contributed by atoms with Crippen molar-refractivity contribution >= 4 is 0 Å². The lowest BCUT2D eigenvalue weighted by Crippen LogP contribution is -2.33. The first-order valence-electron chi connectivity index (χ1n) is 4.10. The van der Waals surface area contributed by atoms with Crippen LogP contribution in [0.25, 0.3) is 0 Å². The summed E-state index contributed by atoms with van der Waals surface area (Å²) in [5.41, 5.74) is 0. The number of fused-ring (bicyclic) bond motifs is 2. The Bertz CT molecular complexity index is 158. The van der Waals surface area contributed by atoms with E-state index in [0.717, 1.165) is 0 Å². The van der Waals surface area contributed by atoms with Crippen molar-refractivity contribution in [3.8, 4) is 0 Å². The summed E-state index contributed by atoms with van der Waals surface area (Å²) >= 11 is 0. The van der Waals surface area contributed by atoms with Gasteiger partial charge in [0.1, 0.15) is 0 Å². The fourth-order valence-electron chi connectivity index (χ4n) is 2.35. The second-order valence-corrected chi connectivity index (χ2v) is 3.35. The molecule has 4 atom stereocenters. The maximum Gasteiger partial charge on any atom is 0.0901 e. The van der Waals surface area contributed by atoms with E-state index in [-0.39, 0.29) is 0 Å². The second-order valence-electron chi connectivity index (χ2n) is 3.35. The van der Waals surface area contributed by atoms with E-state index in [4.69, 9.17) is 9.47 Å². The Morgan fingerprint density at radius 1 is 1.00 bits per heavy atom. The molecule has 1 saturated carbocycles. The Labute approximate surface area is 67.2 Å². The third-order valence-corrected chi connectivity index (χ3v) is 2.86. The zero-order valence-electron chi connectivity index (χ0n) is 6.99. The van der Waals surface area contributed by atoms with E-state index >= 15 is 0 Å². The molecule has 2 rings (SSSR count). The van der Waals surface area contributed by atoms with Crippen LogP contribution in [0.1, 0.15) is 6.42 Å². The lowest BCUT2D eigenvalue weighted by molar-refractivity contribution is -0.0404. The van der Waals surface area contributed by atoms with Gasteiger partial charge in [-0.15, -0.1) is 0 Å². The minimum atomic E-state index is 0.301. The Balaban J connectivity index is 2.15. The normalized spacial score (nSPS) is 47.1. The van der Waals surface area contributed by atoms with E-state index in [1.54, 1.807) is 14.2 Å². The average Bonchev–Trinajstić information content (AvgIpc) is 2.60. The first-order valence-corrected chi connectivity index (χ1v) is 4.10. The minimum Gasteiger partial charge on any atom is -0.378 e.